The molecule has 0 bridgehead atoms. The number of hydrogen-bond donors (Lipinski definition) is 2. The number of benzene rings is 1. The van der Waals surface area contributed by atoms with E-state index in [1.54, 1.807) is 4.90 Å². The number of nitrogens with one attached hydrogen (secondary N) is 1. The first-order chi connectivity index (χ1) is 16.6. The third-order valence-electron chi connectivity index (χ3n) is 7.39. The smallest absolute Gasteiger partial charge is 0.410 e. The summed E-state index contributed by atoms with van der Waals surface area (Å²) in [6.07, 6.45) is 6.55. The van der Waals surface area contributed by atoms with Gasteiger partial charge in [0.2, 0.25) is 0 Å². The molecule has 3 saturated heterocycles. The largest absolute Gasteiger partial charge is 0.441 e. The predicted octanol–water partition coefficient (Wildman–Crippen LogP) is 1.30. The van der Waals surface area contributed by atoms with Gasteiger partial charge < -0.3 is 29.5 Å². The van der Waals surface area contributed by atoms with Crippen LogP contribution < -0.4 is 5.32 Å². The molecule has 34 heavy (non-hydrogen) atoms. The number of carbonyl (C=O) groups excluding carboxylic acids is 1. The highest BCUT2D eigenvalue weighted by Crippen LogP contribution is 2.33. The molecule has 2 unspecified atom stereocenters. The lowest BCUT2D eigenvalue weighted by Crippen LogP contribution is -2.55. The number of piperazine rings is 1. The zero-order chi connectivity index (χ0) is 23.1. The molecule has 9 nitrogen and oxygen atoms in total. The molecule has 5 heterocycles. The molecule has 6 rings (SSSR count). The Morgan fingerprint density at radius 3 is 2.62 bits per heavy atom. The normalized spacial score (nSPS) is 31.4. The number of aliphatic imine (C=N–C) groups is 1. The summed E-state index contributed by atoms with van der Waals surface area (Å²) < 4.78 is 15.9. The molecule has 3 atom stereocenters. The lowest BCUT2D eigenvalue weighted by molar-refractivity contribution is -0.106. The minimum Gasteiger partial charge on any atom is -0.441 e. The number of amides is 1. The summed E-state index contributed by atoms with van der Waals surface area (Å²) in [4.78, 5) is 21.1. The van der Waals surface area contributed by atoms with Crippen molar-refractivity contribution in [3.63, 3.8) is 0 Å². The van der Waals surface area contributed by atoms with Crippen molar-refractivity contribution < 1.29 is 24.1 Å². The highest BCUT2D eigenvalue weighted by Gasteiger charge is 2.38. The van der Waals surface area contributed by atoms with Crippen LogP contribution >= 0.6 is 0 Å². The summed E-state index contributed by atoms with van der Waals surface area (Å²) in [5, 5.41) is 14.2. The van der Waals surface area contributed by atoms with Crippen molar-refractivity contribution >= 4 is 17.6 Å². The lowest BCUT2D eigenvalue weighted by Gasteiger charge is -2.40. The van der Waals surface area contributed by atoms with Crippen LogP contribution in [0.3, 0.4) is 0 Å². The number of nitrogens with zero attached hydrogens (tertiary/aromatic N) is 3. The van der Waals surface area contributed by atoms with Gasteiger partial charge in [-0.2, -0.15) is 0 Å². The third kappa shape index (κ3) is 4.02. The van der Waals surface area contributed by atoms with E-state index in [1.165, 1.54) is 0 Å². The summed E-state index contributed by atoms with van der Waals surface area (Å²) in [7, 11) is 0. The van der Waals surface area contributed by atoms with Crippen LogP contribution in [0.1, 0.15) is 17.5 Å². The van der Waals surface area contributed by atoms with Crippen molar-refractivity contribution in [2.75, 3.05) is 52.6 Å². The zero-order valence-corrected chi connectivity index (χ0v) is 19.1. The van der Waals surface area contributed by atoms with Gasteiger partial charge in [-0.05, 0) is 23.3 Å². The molecule has 0 saturated carbocycles. The van der Waals surface area contributed by atoms with Crippen molar-refractivity contribution in [1.82, 2.24) is 15.1 Å². The van der Waals surface area contributed by atoms with Crippen molar-refractivity contribution in [3.05, 3.63) is 53.7 Å². The monoisotopic (exact) mass is 466 g/mol. The van der Waals surface area contributed by atoms with Gasteiger partial charge in [0.05, 0.1) is 25.7 Å². The van der Waals surface area contributed by atoms with Crippen molar-refractivity contribution in [3.8, 4) is 0 Å². The standard InChI is InChI=1S/C25H30N4O5/c30-24(34-19-14-33-15-19)29-10-8-28(9-11-29)22-5-7-26-23-20(22)13-21(27-23)17-1-3-18(4-2-17)25(31)6-12-32-16-25/h1-5,7,13,19-20,22,31H,6,8-12,14-16H2,(H,26,27)/t20?,22?,25-/m0/s1. The third-order valence-corrected chi connectivity index (χ3v) is 7.39. The molecule has 9 heteroatoms. The summed E-state index contributed by atoms with van der Waals surface area (Å²) in [5.74, 6) is 1.08. The van der Waals surface area contributed by atoms with Crippen LogP contribution in [0.2, 0.25) is 0 Å². The number of rotatable bonds is 4. The molecule has 0 radical (unpaired) electrons. The van der Waals surface area contributed by atoms with E-state index in [9.17, 15) is 9.90 Å². The van der Waals surface area contributed by atoms with Gasteiger partial charge in [-0.1, -0.05) is 24.3 Å². The van der Waals surface area contributed by atoms with Crippen LogP contribution in [0.5, 0.6) is 0 Å². The molecule has 2 N–H and O–H groups in total. The van der Waals surface area contributed by atoms with E-state index < -0.39 is 5.60 Å². The fraction of sp³-hybridized carbons (Fsp3) is 0.520. The number of hydrogen-bond acceptors (Lipinski definition) is 8. The second kappa shape index (κ2) is 8.81. The van der Waals surface area contributed by atoms with E-state index in [2.05, 4.69) is 27.4 Å². The van der Waals surface area contributed by atoms with Gasteiger partial charge in [0.15, 0.2) is 6.10 Å². The maximum atomic E-state index is 12.3. The van der Waals surface area contributed by atoms with E-state index >= 15 is 0 Å². The highest BCUT2D eigenvalue weighted by atomic mass is 16.6. The quantitative estimate of drug-likeness (QED) is 0.691. The van der Waals surface area contributed by atoms with E-state index in [1.807, 2.05) is 30.5 Å². The first-order valence-corrected chi connectivity index (χ1v) is 12.0. The van der Waals surface area contributed by atoms with Gasteiger partial charge >= 0.3 is 6.09 Å². The minimum absolute atomic E-state index is 0.0952. The van der Waals surface area contributed by atoms with E-state index in [0.29, 0.717) is 45.9 Å². The van der Waals surface area contributed by atoms with E-state index in [0.717, 1.165) is 35.7 Å². The summed E-state index contributed by atoms with van der Waals surface area (Å²) in [6, 6.07) is 8.25. The molecule has 1 aromatic carbocycles. The molecular formula is C25H30N4O5. The summed E-state index contributed by atoms with van der Waals surface area (Å²) in [6.45, 7) is 4.80. The number of fused-ring (bicyclic) bond motifs is 1. The van der Waals surface area contributed by atoms with E-state index in [4.69, 9.17) is 14.2 Å². The van der Waals surface area contributed by atoms with Crippen molar-refractivity contribution in [2.45, 2.75) is 24.2 Å². The Bertz CT molecular complexity index is 1020. The van der Waals surface area contributed by atoms with Crippen molar-refractivity contribution in [1.29, 1.82) is 0 Å². The van der Waals surface area contributed by atoms with Gasteiger partial charge in [0, 0.05) is 57.1 Å². The lowest BCUT2D eigenvalue weighted by atomic mass is 9.92. The number of aliphatic hydroxyl groups is 1. The van der Waals surface area contributed by atoms with Gasteiger partial charge in [0.25, 0.3) is 0 Å². The fourth-order valence-electron chi connectivity index (χ4n) is 5.19. The average Bonchev–Trinajstić information content (AvgIpc) is 3.48. The molecule has 0 spiro atoms. The molecule has 1 amide bonds. The Balaban J connectivity index is 1.11. The van der Waals surface area contributed by atoms with Gasteiger partial charge in [-0.25, -0.2) is 9.79 Å². The molecule has 5 aliphatic rings. The van der Waals surface area contributed by atoms with Gasteiger partial charge in [0.1, 0.15) is 11.4 Å². The minimum atomic E-state index is -0.886. The summed E-state index contributed by atoms with van der Waals surface area (Å²) in [5.41, 5.74) is 2.10. The van der Waals surface area contributed by atoms with Crippen LogP contribution in [-0.2, 0) is 19.8 Å². The molecular weight excluding hydrogens is 436 g/mol. The maximum absolute atomic E-state index is 12.3. The Kier molecular flexibility index (Phi) is 5.65. The molecule has 0 aromatic heterocycles. The van der Waals surface area contributed by atoms with Crippen LogP contribution in [0.25, 0.3) is 5.70 Å². The molecule has 1 aromatic rings. The average molecular weight is 467 g/mol. The number of carbonyl (C=O) groups is 1. The topological polar surface area (TPSA) is 95.9 Å². The number of amidine groups is 1. The number of ether oxygens (including phenoxy) is 3. The highest BCUT2D eigenvalue weighted by molar-refractivity contribution is 6.00. The van der Waals surface area contributed by atoms with Gasteiger partial charge in [-0.15, -0.1) is 0 Å². The van der Waals surface area contributed by atoms with Crippen LogP contribution in [-0.4, -0.2) is 91.6 Å². The molecule has 180 valence electrons. The van der Waals surface area contributed by atoms with Crippen molar-refractivity contribution in [2.24, 2.45) is 10.9 Å². The zero-order valence-electron chi connectivity index (χ0n) is 19.1. The van der Waals surface area contributed by atoms with E-state index in [-0.39, 0.29) is 24.2 Å². The first kappa shape index (κ1) is 21.8. The second-order valence-corrected chi connectivity index (χ2v) is 9.56. The predicted molar refractivity (Wildman–Crippen MR) is 125 cm³/mol. The maximum Gasteiger partial charge on any atom is 0.410 e. The Labute approximate surface area is 198 Å². The fourth-order valence-corrected chi connectivity index (χ4v) is 5.19. The summed E-state index contributed by atoms with van der Waals surface area (Å²) >= 11 is 0. The Hall–Kier alpha value is -2.72. The Morgan fingerprint density at radius 2 is 1.94 bits per heavy atom. The molecule has 5 aliphatic heterocycles. The Morgan fingerprint density at radius 1 is 1.15 bits per heavy atom. The van der Waals surface area contributed by atoms with Gasteiger partial charge in [-0.3, -0.25) is 4.90 Å². The first-order valence-electron chi connectivity index (χ1n) is 12.0. The molecule has 3 fully saturated rings. The molecule has 0 aliphatic carbocycles. The van der Waals surface area contributed by atoms with Crippen LogP contribution in [0.4, 0.5) is 4.79 Å². The van der Waals surface area contributed by atoms with Crippen LogP contribution in [0, 0.1) is 5.92 Å². The van der Waals surface area contributed by atoms with Crippen LogP contribution in [0.15, 0.2) is 47.6 Å². The SMILES string of the molecule is O=C(OC1COC1)N1CCN(C2C=CN=C3NC(c4ccc([C@]5(O)CCOC5)cc4)=CC32)CC1. The second-order valence-electron chi connectivity index (χ2n) is 9.56.